The molecule has 2 fully saturated rings. The summed E-state index contributed by atoms with van der Waals surface area (Å²) in [4.78, 5) is 16.3. The molecule has 0 amide bonds. The van der Waals surface area contributed by atoms with Crippen LogP contribution in [0.5, 0.6) is 5.75 Å². The van der Waals surface area contributed by atoms with Gasteiger partial charge in [0.15, 0.2) is 0 Å². The van der Waals surface area contributed by atoms with Crippen molar-refractivity contribution in [3.63, 3.8) is 0 Å². The Morgan fingerprint density at radius 2 is 1.26 bits per heavy atom. The second-order valence-electron chi connectivity index (χ2n) is 7.31. The van der Waals surface area contributed by atoms with E-state index in [4.69, 9.17) is 4.74 Å². The van der Waals surface area contributed by atoms with Gasteiger partial charge >= 0.3 is 0 Å². The molecule has 144 valence electrons. The van der Waals surface area contributed by atoms with Crippen molar-refractivity contribution in [3.8, 4) is 5.75 Å². The van der Waals surface area contributed by atoms with Gasteiger partial charge in [0.1, 0.15) is 23.7 Å². The SMILES string of the molecule is COc1ccc(N2CCN(c3cc(N4CCCCCC4)ncn3)CC2)cc1. The molecule has 1 aromatic heterocycles. The molecule has 0 aliphatic carbocycles. The Hall–Kier alpha value is -2.50. The number of piperazine rings is 1. The van der Waals surface area contributed by atoms with Crippen LogP contribution in [0.2, 0.25) is 0 Å². The topological polar surface area (TPSA) is 44.7 Å². The fraction of sp³-hybridized carbons (Fsp3) is 0.524. The third-order valence-electron chi connectivity index (χ3n) is 5.61. The summed E-state index contributed by atoms with van der Waals surface area (Å²) >= 11 is 0. The van der Waals surface area contributed by atoms with Crippen molar-refractivity contribution in [1.29, 1.82) is 0 Å². The predicted octanol–water partition coefficient (Wildman–Crippen LogP) is 3.19. The van der Waals surface area contributed by atoms with Crippen LogP contribution in [0.4, 0.5) is 17.3 Å². The van der Waals surface area contributed by atoms with Crippen LogP contribution in [0, 0.1) is 0 Å². The van der Waals surface area contributed by atoms with Crippen LogP contribution in [0.3, 0.4) is 0 Å². The van der Waals surface area contributed by atoms with E-state index < -0.39 is 0 Å². The van der Waals surface area contributed by atoms with E-state index in [2.05, 4.69) is 42.9 Å². The minimum Gasteiger partial charge on any atom is -0.497 e. The zero-order chi connectivity index (χ0) is 18.5. The molecule has 2 aromatic rings. The highest BCUT2D eigenvalue weighted by Gasteiger charge is 2.20. The first kappa shape index (κ1) is 17.9. The maximum Gasteiger partial charge on any atom is 0.134 e. The molecular weight excluding hydrogens is 338 g/mol. The van der Waals surface area contributed by atoms with Gasteiger partial charge in [-0.15, -0.1) is 0 Å². The molecule has 2 aliphatic heterocycles. The van der Waals surface area contributed by atoms with E-state index in [1.807, 2.05) is 12.1 Å². The van der Waals surface area contributed by atoms with Gasteiger partial charge in [0, 0.05) is 51.0 Å². The molecule has 6 nitrogen and oxygen atoms in total. The van der Waals surface area contributed by atoms with Crippen LogP contribution >= 0.6 is 0 Å². The second-order valence-corrected chi connectivity index (χ2v) is 7.31. The maximum absolute atomic E-state index is 5.26. The molecule has 1 aromatic carbocycles. The molecule has 27 heavy (non-hydrogen) atoms. The Balaban J connectivity index is 1.39. The molecule has 0 N–H and O–H groups in total. The average Bonchev–Trinajstić information content (AvgIpc) is 3.04. The minimum atomic E-state index is 0.902. The first-order valence-electron chi connectivity index (χ1n) is 10.0. The number of hydrogen-bond acceptors (Lipinski definition) is 6. The van der Waals surface area contributed by atoms with Gasteiger partial charge in [0.2, 0.25) is 0 Å². The smallest absolute Gasteiger partial charge is 0.134 e. The average molecular weight is 367 g/mol. The fourth-order valence-corrected chi connectivity index (χ4v) is 3.97. The quantitative estimate of drug-likeness (QED) is 0.827. The summed E-state index contributed by atoms with van der Waals surface area (Å²) in [6, 6.07) is 10.5. The standard InChI is InChI=1S/C21H29N5O/c1-27-19-8-6-18(7-9-19)24-12-14-26(15-13-24)21-16-20(22-17-23-21)25-10-4-2-3-5-11-25/h6-9,16-17H,2-5,10-15H2,1H3. The van der Waals surface area contributed by atoms with Gasteiger partial charge in [-0.25, -0.2) is 9.97 Å². The van der Waals surface area contributed by atoms with Crippen LogP contribution in [-0.2, 0) is 0 Å². The van der Waals surface area contributed by atoms with Crippen molar-refractivity contribution in [2.75, 3.05) is 61.1 Å². The van der Waals surface area contributed by atoms with Gasteiger partial charge in [0.05, 0.1) is 7.11 Å². The monoisotopic (exact) mass is 367 g/mol. The molecule has 3 heterocycles. The zero-order valence-electron chi connectivity index (χ0n) is 16.2. The number of aromatic nitrogens is 2. The third kappa shape index (κ3) is 4.26. The van der Waals surface area contributed by atoms with E-state index in [1.54, 1.807) is 13.4 Å². The van der Waals surface area contributed by atoms with E-state index >= 15 is 0 Å². The van der Waals surface area contributed by atoms with Gasteiger partial charge in [0.25, 0.3) is 0 Å². The lowest BCUT2D eigenvalue weighted by Crippen LogP contribution is -2.46. The Morgan fingerprint density at radius 3 is 1.85 bits per heavy atom. The van der Waals surface area contributed by atoms with Crippen LogP contribution in [-0.4, -0.2) is 56.3 Å². The van der Waals surface area contributed by atoms with Gasteiger partial charge in [-0.05, 0) is 37.1 Å². The molecule has 0 saturated carbocycles. The van der Waals surface area contributed by atoms with Crippen molar-refractivity contribution in [2.24, 2.45) is 0 Å². The highest BCUT2D eigenvalue weighted by molar-refractivity contribution is 5.54. The Bertz CT molecular complexity index is 720. The van der Waals surface area contributed by atoms with E-state index in [9.17, 15) is 0 Å². The number of ether oxygens (including phenoxy) is 1. The van der Waals surface area contributed by atoms with Crippen molar-refractivity contribution < 1.29 is 4.74 Å². The predicted molar refractivity (Wildman–Crippen MR) is 110 cm³/mol. The largest absolute Gasteiger partial charge is 0.497 e. The lowest BCUT2D eigenvalue weighted by molar-refractivity contribution is 0.415. The molecule has 4 rings (SSSR count). The van der Waals surface area contributed by atoms with E-state index in [0.717, 1.165) is 56.7 Å². The number of rotatable bonds is 4. The van der Waals surface area contributed by atoms with E-state index in [-0.39, 0.29) is 0 Å². The van der Waals surface area contributed by atoms with Crippen LogP contribution < -0.4 is 19.4 Å². The third-order valence-corrected chi connectivity index (χ3v) is 5.61. The summed E-state index contributed by atoms with van der Waals surface area (Å²) in [6.45, 7) is 6.17. The second kappa shape index (κ2) is 8.46. The van der Waals surface area contributed by atoms with E-state index in [0.29, 0.717) is 0 Å². The normalized spacial score (nSPS) is 18.3. The van der Waals surface area contributed by atoms with Crippen LogP contribution in [0.15, 0.2) is 36.7 Å². The zero-order valence-corrected chi connectivity index (χ0v) is 16.2. The first-order chi connectivity index (χ1) is 13.3. The molecule has 0 bridgehead atoms. The number of anilines is 3. The van der Waals surface area contributed by atoms with Gasteiger partial charge < -0.3 is 19.4 Å². The lowest BCUT2D eigenvalue weighted by atomic mass is 10.2. The Labute approximate surface area is 161 Å². The summed E-state index contributed by atoms with van der Waals surface area (Å²) < 4.78 is 5.26. The summed E-state index contributed by atoms with van der Waals surface area (Å²) in [5.41, 5.74) is 1.25. The van der Waals surface area contributed by atoms with Crippen molar-refractivity contribution >= 4 is 17.3 Å². The number of hydrogen-bond donors (Lipinski definition) is 0. The molecular formula is C21H29N5O. The van der Waals surface area contributed by atoms with Crippen LogP contribution in [0.25, 0.3) is 0 Å². The van der Waals surface area contributed by atoms with Gasteiger partial charge in [-0.2, -0.15) is 0 Å². The summed E-state index contributed by atoms with van der Waals surface area (Å²) in [7, 11) is 1.70. The number of benzene rings is 1. The van der Waals surface area contributed by atoms with Gasteiger partial charge in [-0.3, -0.25) is 0 Å². The van der Waals surface area contributed by atoms with Crippen molar-refractivity contribution in [1.82, 2.24) is 9.97 Å². The molecule has 6 heteroatoms. The molecule has 0 radical (unpaired) electrons. The summed E-state index contributed by atoms with van der Waals surface area (Å²) in [5.74, 6) is 3.04. The Kier molecular flexibility index (Phi) is 5.61. The highest BCUT2D eigenvalue weighted by Crippen LogP contribution is 2.24. The molecule has 2 saturated heterocycles. The molecule has 0 unspecified atom stereocenters. The summed E-state index contributed by atoms with van der Waals surface area (Å²) in [5, 5.41) is 0. The minimum absolute atomic E-state index is 0.902. The molecule has 0 atom stereocenters. The summed E-state index contributed by atoms with van der Waals surface area (Å²) in [6.07, 6.45) is 6.93. The first-order valence-corrected chi connectivity index (χ1v) is 10.0. The van der Waals surface area contributed by atoms with E-state index in [1.165, 1.54) is 31.4 Å². The lowest BCUT2D eigenvalue weighted by Gasteiger charge is -2.37. The maximum atomic E-state index is 5.26. The number of methoxy groups -OCH3 is 1. The van der Waals surface area contributed by atoms with Crippen molar-refractivity contribution in [3.05, 3.63) is 36.7 Å². The molecule has 0 spiro atoms. The fourth-order valence-electron chi connectivity index (χ4n) is 3.97. The molecule has 2 aliphatic rings. The van der Waals surface area contributed by atoms with Crippen LogP contribution in [0.1, 0.15) is 25.7 Å². The number of nitrogens with zero attached hydrogens (tertiary/aromatic N) is 5. The van der Waals surface area contributed by atoms with Gasteiger partial charge in [-0.1, -0.05) is 12.8 Å². The highest BCUT2D eigenvalue weighted by atomic mass is 16.5. The Morgan fingerprint density at radius 1 is 0.704 bits per heavy atom. The van der Waals surface area contributed by atoms with Crippen molar-refractivity contribution in [2.45, 2.75) is 25.7 Å².